The highest BCUT2D eigenvalue weighted by molar-refractivity contribution is 7.47. The number of hydrogen-bond acceptors (Lipinski definition) is 3. The van der Waals surface area contributed by atoms with Gasteiger partial charge < -0.3 is 4.89 Å². The van der Waals surface area contributed by atoms with Gasteiger partial charge in [-0.15, -0.1) is 0 Å². The second kappa shape index (κ2) is 9.17. The maximum Gasteiger partial charge on any atom is 0.472 e. The molecule has 5 heteroatoms. The molecule has 0 saturated heterocycles. The van der Waals surface area contributed by atoms with E-state index in [9.17, 15) is 9.46 Å². The van der Waals surface area contributed by atoms with Crippen LogP contribution in [0.25, 0.3) is 0 Å². The Hall–Kier alpha value is 0.110. The summed E-state index contributed by atoms with van der Waals surface area (Å²) in [6.07, 6.45) is 5.40. The van der Waals surface area contributed by atoms with Crippen LogP contribution >= 0.6 is 7.82 Å². The van der Waals surface area contributed by atoms with E-state index in [0.29, 0.717) is 6.42 Å². The molecular weight excluding hydrogens is 227 g/mol. The molecule has 98 valence electrons. The third kappa shape index (κ3) is 8.28. The summed E-state index contributed by atoms with van der Waals surface area (Å²) in [7, 11) is -3.83. The summed E-state index contributed by atoms with van der Waals surface area (Å²) < 4.78 is 21.4. The first-order valence-electron chi connectivity index (χ1n) is 6.21. The minimum atomic E-state index is -3.83. The second-order valence-corrected chi connectivity index (χ2v) is 5.34. The van der Waals surface area contributed by atoms with Crippen LogP contribution in [0.2, 0.25) is 0 Å². The lowest BCUT2D eigenvalue weighted by molar-refractivity contribution is 0.0955. The molecule has 2 unspecified atom stereocenters. The zero-order valence-electron chi connectivity index (χ0n) is 10.6. The van der Waals surface area contributed by atoms with Crippen molar-refractivity contribution in [2.45, 2.75) is 65.4 Å². The fraction of sp³-hybridized carbons (Fsp3) is 1.00. The molecule has 0 aliphatic rings. The maximum absolute atomic E-state index is 11.5. The van der Waals surface area contributed by atoms with Crippen molar-refractivity contribution < 1.29 is 18.5 Å². The third-order valence-electron chi connectivity index (χ3n) is 2.33. The Morgan fingerprint density at radius 3 is 2.38 bits per heavy atom. The summed E-state index contributed by atoms with van der Waals surface area (Å²) in [6, 6.07) is 0. The standard InChI is InChI=1S/C11H25O4P/c1-4-7-8-9-11(6-3)15-16(12,13)14-10-5-2/h11H,4-10H2,1-3H3,(H,12,13). The van der Waals surface area contributed by atoms with E-state index in [4.69, 9.17) is 9.05 Å². The van der Waals surface area contributed by atoms with Crippen molar-refractivity contribution in [2.24, 2.45) is 0 Å². The van der Waals surface area contributed by atoms with E-state index < -0.39 is 7.82 Å². The highest BCUT2D eigenvalue weighted by Crippen LogP contribution is 2.45. The molecule has 2 atom stereocenters. The topological polar surface area (TPSA) is 55.8 Å². The molecule has 0 aromatic carbocycles. The minimum absolute atomic E-state index is 0.167. The Morgan fingerprint density at radius 1 is 1.19 bits per heavy atom. The molecule has 0 aromatic heterocycles. The van der Waals surface area contributed by atoms with E-state index in [0.717, 1.165) is 32.1 Å². The van der Waals surface area contributed by atoms with Gasteiger partial charge in [0, 0.05) is 0 Å². The highest BCUT2D eigenvalue weighted by Gasteiger charge is 2.24. The molecule has 0 aliphatic heterocycles. The summed E-state index contributed by atoms with van der Waals surface area (Å²) in [4.78, 5) is 9.41. The van der Waals surface area contributed by atoms with Gasteiger partial charge in [-0.25, -0.2) is 4.57 Å². The zero-order chi connectivity index (χ0) is 12.4. The lowest BCUT2D eigenvalue weighted by atomic mass is 10.1. The first-order valence-corrected chi connectivity index (χ1v) is 7.71. The van der Waals surface area contributed by atoms with Crippen LogP contribution in [0.15, 0.2) is 0 Å². The molecule has 0 radical (unpaired) electrons. The molecule has 0 bridgehead atoms. The molecule has 0 spiro atoms. The van der Waals surface area contributed by atoms with E-state index in [1.54, 1.807) is 0 Å². The van der Waals surface area contributed by atoms with Gasteiger partial charge in [0.05, 0.1) is 12.7 Å². The summed E-state index contributed by atoms with van der Waals surface area (Å²) in [5, 5.41) is 0. The van der Waals surface area contributed by atoms with Gasteiger partial charge in [0.2, 0.25) is 0 Å². The number of phosphoric ester groups is 1. The minimum Gasteiger partial charge on any atom is -0.302 e. The number of unbranched alkanes of at least 4 members (excludes halogenated alkanes) is 2. The van der Waals surface area contributed by atoms with E-state index in [1.165, 1.54) is 0 Å². The summed E-state index contributed by atoms with van der Waals surface area (Å²) in [6.45, 7) is 6.23. The molecule has 0 aliphatic carbocycles. The van der Waals surface area contributed by atoms with E-state index in [1.807, 2.05) is 13.8 Å². The van der Waals surface area contributed by atoms with Gasteiger partial charge in [-0.3, -0.25) is 9.05 Å². The van der Waals surface area contributed by atoms with Crippen molar-refractivity contribution >= 4 is 7.82 Å². The van der Waals surface area contributed by atoms with Crippen LogP contribution < -0.4 is 0 Å². The predicted molar refractivity (Wildman–Crippen MR) is 65.4 cm³/mol. The van der Waals surface area contributed by atoms with Gasteiger partial charge in [0.1, 0.15) is 0 Å². The Balaban J connectivity index is 3.94. The maximum atomic E-state index is 11.5. The number of rotatable bonds is 10. The molecule has 0 rings (SSSR count). The first-order chi connectivity index (χ1) is 7.55. The molecule has 0 heterocycles. The average Bonchev–Trinajstić information content (AvgIpc) is 2.25. The second-order valence-electron chi connectivity index (χ2n) is 3.93. The molecule has 0 fully saturated rings. The molecule has 0 aromatic rings. The molecular formula is C11H25O4P. The molecule has 4 nitrogen and oxygen atoms in total. The lowest BCUT2D eigenvalue weighted by Gasteiger charge is -2.19. The van der Waals surface area contributed by atoms with Gasteiger partial charge in [0.25, 0.3) is 0 Å². The van der Waals surface area contributed by atoms with Crippen LogP contribution in [0.1, 0.15) is 59.3 Å². The van der Waals surface area contributed by atoms with E-state index in [2.05, 4.69) is 6.92 Å². The number of phosphoric acid groups is 1. The molecule has 0 amide bonds. The van der Waals surface area contributed by atoms with Gasteiger partial charge in [-0.05, 0) is 19.3 Å². The highest BCUT2D eigenvalue weighted by atomic mass is 31.2. The van der Waals surface area contributed by atoms with Crippen molar-refractivity contribution in [2.75, 3.05) is 6.61 Å². The summed E-state index contributed by atoms with van der Waals surface area (Å²) >= 11 is 0. The van der Waals surface area contributed by atoms with Crippen molar-refractivity contribution in [3.05, 3.63) is 0 Å². The first kappa shape index (κ1) is 16.1. The van der Waals surface area contributed by atoms with Gasteiger partial charge in [0.15, 0.2) is 0 Å². The van der Waals surface area contributed by atoms with Crippen molar-refractivity contribution in [3.63, 3.8) is 0 Å². The fourth-order valence-electron chi connectivity index (χ4n) is 1.38. The van der Waals surface area contributed by atoms with Crippen LogP contribution in [0.3, 0.4) is 0 Å². The predicted octanol–water partition coefficient (Wildman–Crippen LogP) is 3.89. The van der Waals surface area contributed by atoms with Crippen LogP contribution in [0.5, 0.6) is 0 Å². The Morgan fingerprint density at radius 2 is 1.88 bits per heavy atom. The van der Waals surface area contributed by atoms with Gasteiger partial charge in [-0.2, -0.15) is 0 Å². The Labute approximate surface area is 99.0 Å². The molecule has 16 heavy (non-hydrogen) atoms. The monoisotopic (exact) mass is 252 g/mol. The molecule has 1 N–H and O–H groups in total. The lowest BCUT2D eigenvalue weighted by Crippen LogP contribution is -2.11. The zero-order valence-corrected chi connectivity index (χ0v) is 11.5. The van der Waals surface area contributed by atoms with Crippen LogP contribution in [0, 0.1) is 0 Å². The molecule has 0 saturated carbocycles. The van der Waals surface area contributed by atoms with Crippen molar-refractivity contribution in [1.82, 2.24) is 0 Å². The smallest absolute Gasteiger partial charge is 0.302 e. The van der Waals surface area contributed by atoms with Crippen molar-refractivity contribution in [3.8, 4) is 0 Å². The van der Waals surface area contributed by atoms with E-state index >= 15 is 0 Å². The third-order valence-corrected chi connectivity index (χ3v) is 3.40. The van der Waals surface area contributed by atoms with Crippen LogP contribution in [-0.2, 0) is 13.6 Å². The summed E-state index contributed by atoms with van der Waals surface area (Å²) in [5.74, 6) is 0. The normalized spacial score (nSPS) is 17.0. The average molecular weight is 252 g/mol. The van der Waals surface area contributed by atoms with Crippen LogP contribution in [0.4, 0.5) is 0 Å². The van der Waals surface area contributed by atoms with Crippen LogP contribution in [-0.4, -0.2) is 17.6 Å². The van der Waals surface area contributed by atoms with E-state index in [-0.39, 0.29) is 12.7 Å². The Kier molecular flexibility index (Phi) is 9.24. The quantitative estimate of drug-likeness (QED) is 0.473. The van der Waals surface area contributed by atoms with Gasteiger partial charge >= 0.3 is 7.82 Å². The largest absolute Gasteiger partial charge is 0.472 e. The number of hydrogen-bond donors (Lipinski definition) is 1. The van der Waals surface area contributed by atoms with Crippen molar-refractivity contribution in [1.29, 1.82) is 0 Å². The SMILES string of the molecule is CCCCCC(CC)OP(=O)(O)OCCC. The fourth-order valence-corrected chi connectivity index (χ4v) is 2.48. The van der Waals surface area contributed by atoms with Gasteiger partial charge in [-0.1, -0.05) is 40.0 Å². The summed E-state index contributed by atoms with van der Waals surface area (Å²) in [5.41, 5.74) is 0. The Bertz CT molecular complexity index is 208.